The summed E-state index contributed by atoms with van der Waals surface area (Å²) in [5, 5.41) is 11.1. The minimum Gasteiger partial charge on any atom is -0.341 e. The van der Waals surface area contributed by atoms with Crippen molar-refractivity contribution >= 4 is 24.0 Å². The van der Waals surface area contributed by atoms with Crippen LogP contribution in [-0.2, 0) is 0 Å². The van der Waals surface area contributed by atoms with Crippen LogP contribution >= 0.6 is 12.4 Å². The van der Waals surface area contributed by atoms with Gasteiger partial charge in [0.2, 0.25) is 0 Å². The number of carbonyl (C=O) groups excluding carboxylic acids is 1. The Hall–Kier alpha value is -1.73. The Morgan fingerprint density at radius 2 is 2.00 bits per heavy atom. The highest BCUT2D eigenvalue weighted by Crippen LogP contribution is 2.26. The first-order valence-electron chi connectivity index (χ1n) is 6.49. The topological polar surface area (TPSA) is 89.5 Å². The molecule has 0 fully saturated rings. The lowest BCUT2D eigenvalue weighted by atomic mass is 9.93. The summed E-state index contributed by atoms with van der Waals surface area (Å²) in [5.41, 5.74) is 4.80. The second kappa shape index (κ2) is 7.51. The molecule has 0 radical (unpaired) electrons. The summed E-state index contributed by atoms with van der Waals surface area (Å²) in [4.78, 5) is 24.2. The second-order valence-electron chi connectivity index (χ2n) is 5.91. The lowest BCUT2D eigenvalue weighted by Crippen LogP contribution is -2.40. The number of hydrogen-bond donors (Lipinski definition) is 1. The van der Waals surface area contributed by atoms with E-state index in [9.17, 15) is 19.3 Å². The monoisotopic (exact) mass is 333 g/mol. The van der Waals surface area contributed by atoms with Crippen molar-refractivity contribution in [3.8, 4) is 0 Å². The molecule has 1 aromatic carbocycles. The van der Waals surface area contributed by atoms with Gasteiger partial charge in [0.25, 0.3) is 11.6 Å². The minimum atomic E-state index is -0.673. The number of aryl methyl sites for hydroxylation is 1. The molecule has 0 atom stereocenters. The average Bonchev–Trinajstić information content (AvgIpc) is 2.35. The van der Waals surface area contributed by atoms with Gasteiger partial charge in [-0.2, -0.15) is 0 Å². The fraction of sp³-hybridized carbons (Fsp3) is 0.500. The van der Waals surface area contributed by atoms with Crippen molar-refractivity contribution in [2.75, 3.05) is 20.1 Å². The first-order chi connectivity index (χ1) is 9.59. The zero-order chi connectivity index (χ0) is 16.4. The van der Waals surface area contributed by atoms with E-state index in [1.54, 1.807) is 0 Å². The molecule has 0 saturated carbocycles. The lowest BCUT2D eigenvalue weighted by molar-refractivity contribution is -0.385. The SMILES string of the molecule is Cc1cc(F)cc(C(=O)N(C)CC(C)(C)CN)c1[N+](=O)[O-].Cl. The molecule has 0 aliphatic rings. The Morgan fingerprint density at radius 1 is 1.45 bits per heavy atom. The zero-order valence-electron chi connectivity index (χ0n) is 13.1. The van der Waals surface area contributed by atoms with Crippen LogP contribution in [0.15, 0.2) is 12.1 Å². The van der Waals surface area contributed by atoms with Crippen molar-refractivity contribution in [3.63, 3.8) is 0 Å². The summed E-state index contributed by atoms with van der Waals surface area (Å²) in [7, 11) is 1.52. The Labute approximate surface area is 135 Å². The van der Waals surface area contributed by atoms with E-state index in [2.05, 4.69) is 0 Å². The molecule has 0 bridgehead atoms. The normalized spacial score (nSPS) is 10.8. The van der Waals surface area contributed by atoms with Gasteiger partial charge < -0.3 is 10.6 Å². The zero-order valence-corrected chi connectivity index (χ0v) is 13.9. The number of nitrogens with two attached hydrogens (primary N) is 1. The van der Waals surface area contributed by atoms with E-state index in [4.69, 9.17) is 5.73 Å². The molecule has 0 unspecified atom stereocenters. The fourth-order valence-corrected chi connectivity index (χ4v) is 2.12. The van der Waals surface area contributed by atoms with Gasteiger partial charge in [-0.05, 0) is 31.0 Å². The molecule has 1 amide bonds. The average molecular weight is 334 g/mol. The molecular weight excluding hydrogens is 313 g/mol. The van der Waals surface area contributed by atoms with Gasteiger partial charge in [0, 0.05) is 19.2 Å². The molecule has 2 N–H and O–H groups in total. The molecule has 0 aromatic heterocycles. The molecule has 8 heteroatoms. The molecule has 0 saturated heterocycles. The Morgan fingerprint density at radius 3 is 2.45 bits per heavy atom. The third kappa shape index (κ3) is 4.64. The van der Waals surface area contributed by atoms with Crippen LogP contribution in [-0.4, -0.2) is 35.9 Å². The van der Waals surface area contributed by atoms with Gasteiger partial charge in [-0.1, -0.05) is 13.8 Å². The molecular formula is C14H21ClFN3O3. The number of carbonyl (C=O) groups is 1. The van der Waals surface area contributed by atoms with Crippen LogP contribution in [0.2, 0.25) is 0 Å². The maximum Gasteiger partial charge on any atom is 0.285 e. The molecule has 0 aliphatic carbocycles. The molecule has 22 heavy (non-hydrogen) atoms. The first-order valence-corrected chi connectivity index (χ1v) is 6.49. The molecule has 0 spiro atoms. The van der Waals surface area contributed by atoms with Crippen molar-refractivity contribution in [2.24, 2.45) is 11.1 Å². The third-order valence-corrected chi connectivity index (χ3v) is 3.24. The maximum atomic E-state index is 13.5. The number of nitro groups is 1. The molecule has 1 aromatic rings. The van der Waals surface area contributed by atoms with Crippen LogP contribution in [0.3, 0.4) is 0 Å². The van der Waals surface area contributed by atoms with Gasteiger partial charge in [-0.25, -0.2) is 4.39 Å². The van der Waals surface area contributed by atoms with E-state index >= 15 is 0 Å². The van der Waals surface area contributed by atoms with E-state index in [1.165, 1.54) is 18.9 Å². The first kappa shape index (κ1) is 20.3. The van der Waals surface area contributed by atoms with Crippen LogP contribution in [0.1, 0.15) is 29.8 Å². The van der Waals surface area contributed by atoms with Crippen molar-refractivity contribution in [1.82, 2.24) is 4.90 Å². The van der Waals surface area contributed by atoms with E-state index in [1.807, 2.05) is 13.8 Å². The standard InChI is InChI=1S/C14H20FN3O3.ClH/c1-9-5-10(15)6-11(12(9)18(20)21)13(19)17(4)8-14(2,3)7-16;/h5-6H,7-8,16H2,1-4H3;1H. The van der Waals surface area contributed by atoms with Gasteiger partial charge in [0.1, 0.15) is 11.4 Å². The van der Waals surface area contributed by atoms with Crippen molar-refractivity contribution < 1.29 is 14.1 Å². The lowest BCUT2D eigenvalue weighted by Gasteiger charge is -2.29. The van der Waals surface area contributed by atoms with Crippen LogP contribution in [0.4, 0.5) is 10.1 Å². The van der Waals surface area contributed by atoms with E-state index in [-0.39, 0.29) is 34.6 Å². The number of nitrogens with zero attached hydrogens (tertiary/aromatic N) is 2. The Bertz CT molecular complexity index is 579. The van der Waals surface area contributed by atoms with Crippen LogP contribution < -0.4 is 5.73 Å². The predicted octanol–water partition coefficient (Wildman–Crippen LogP) is 2.52. The Balaban J connectivity index is 0.00000441. The molecule has 1 rings (SSSR count). The predicted molar refractivity (Wildman–Crippen MR) is 84.8 cm³/mol. The Kier molecular flexibility index (Phi) is 6.92. The highest BCUT2D eigenvalue weighted by molar-refractivity contribution is 5.98. The smallest absolute Gasteiger partial charge is 0.285 e. The summed E-state index contributed by atoms with van der Waals surface area (Å²) < 4.78 is 13.5. The second-order valence-corrected chi connectivity index (χ2v) is 5.91. The summed E-state index contributed by atoms with van der Waals surface area (Å²) in [6.45, 7) is 5.83. The van der Waals surface area contributed by atoms with Gasteiger partial charge in [-0.3, -0.25) is 14.9 Å². The van der Waals surface area contributed by atoms with E-state index in [0.29, 0.717) is 13.1 Å². The molecule has 124 valence electrons. The van der Waals surface area contributed by atoms with Crippen LogP contribution in [0.5, 0.6) is 0 Å². The van der Waals surface area contributed by atoms with Crippen molar-refractivity contribution in [3.05, 3.63) is 39.2 Å². The highest BCUT2D eigenvalue weighted by Gasteiger charge is 2.28. The van der Waals surface area contributed by atoms with Crippen LogP contribution in [0, 0.1) is 28.3 Å². The number of nitro benzene ring substituents is 1. The summed E-state index contributed by atoms with van der Waals surface area (Å²) >= 11 is 0. The van der Waals surface area contributed by atoms with Gasteiger partial charge in [0.05, 0.1) is 4.92 Å². The number of rotatable bonds is 5. The number of amides is 1. The summed E-state index contributed by atoms with van der Waals surface area (Å²) in [5.74, 6) is -1.27. The molecule has 0 heterocycles. The minimum absolute atomic E-state index is 0. The number of halogens is 2. The highest BCUT2D eigenvalue weighted by atomic mass is 35.5. The van der Waals surface area contributed by atoms with E-state index < -0.39 is 16.6 Å². The van der Waals surface area contributed by atoms with Crippen molar-refractivity contribution in [2.45, 2.75) is 20.8 Å². The third-order valence-electron chi connectivity index (χ3n) is 3.24. The largest absolute Gasteiger partial charge is 0.341 e. The quantitative estimate of drug-likeness (QED) is 0.662. The van der Waals surface area contributed by atoms with Crippen LogP contribution in [0.25, 0.3) is 0 Å². The fourth-order valence-electron chi connectivity index (χ4n) is 2.12. The van der Waals surface area contributed by atoms with Gasteiger partial charge in [-0.15, -0.1) is 12.4 Å². The van der Waals surface area contributed by atoms with E-state index in [0.717, 1.165) is 12.1 Å². The maximum absolute atomic E-state index is 13.5. The summed E-state index contributed by atoms with van der Waals surface area (Å²) in [6.07, 6.45) is 0. The molecule has 6 nitrogen and oxygen atoms in total. The van der Waals surface area contributed by atoms with Gasteiger partial charge >= 0.3 is 0 Å². The summed E-state index contributed by atoms with van der Waals surface area (Å²) in [6, 6.07) is 1.94. The molecule has 0 aliphatic heterocycles. The number of benzene rings is 1. The number of hydrogen-bond acceptors (Lipinski definition) is 4. The van der Waals surface area contributed by atoms with Gasteiger partial charge in [0.15, 0.2) is 0 Å². The van der Waals surface area contributed by atoms with Crippen molar-refractivity contribution in [1.29, 1.82) is 0 Å².